The minimum Gasteiger partial charge on any atom is -0.491 e. The predicted molar refractivity (Wildman–Crippen MR) is 85.0 cm³/mol. The van der Waals surface area contributed by atoms with Gasteiger partial charge in [-0.05, 0) is 50.5 Å². The zero-order valence-corrected chi connectivity index (χ0v) is 13.0. The quantitative estimate of drug-likeness (QED) is 0.783. The zero-order chi connectivity index (χ0) is 14.7. The van der Waals surface area contributed by atoms with Crippen LogP contribution in [0.5, 0.6) is 5.75 Å². The van der Waals surface area contributed by atoms with Crippen LogP contribution in [0.25, 0.3) is 0 Å². The Morgan fingerprint density at radius 3 is 2.62 bits per heavy atom. The van der Waals surface area contributed by atoms with Crippen molar-refractivity contribution in [2.45, 2.75) is 44.3 Å². The first kappa shape index (κ1) is 14.7. The van der Waals surface area contributed by atoms with Crippen LogP contribution in [-0.2, 0) is 4.74 Å². The first-order chi connectivity index (χ1) is 10.3. The highest BCUT2D eigenvalue weighted by molar-refractivity contribution is 5.47. The maximum absolute atomic E-state index is 5.58. The van der Waals surface area contributed by atoms with Crippen LogP contribution in [-0.4, -0.2) is 49.9 Å². The van der Waals surface area contributed by atoms with Gasteiger partial charge in [0.2, 0.25) is 0 Å². The van der Waals surface area contributed by atoms with Gasteiger partial charge in [0.25, 0.3) is 0 Å². The van der Waals surface area contributed by atoms with Gasteiger partial charge in [0.05, 0.1) is 6.61 Å². The summed E-state index contributed by atoms with van der Waals surface area (Å²) in [6, 6.07) is 10.4. The number of nitrogens with zero attached hydrogens (tertiary/aromatic N) is 1. The number of hydrogen-bond acceptors (Lipinski definition) is 4. The number of anilines is 1. The molecule has 1 aliphatic carbocycles. The molecule has 1 N–H and O–H groups in total. The molecule has 1 saturated heterocycles. The average Bonchev–Trinajstić information content (AvgIpc) is 3.26. The number of methoxy groups -OCH3 is 1. The Morgan fingerprint density at radius 1 is 1.19 bits per heavy atom. The molecule has 2 aliphatic rings. The van der Waals surface area contributed by atoms with E-state index in [1.165, 1.54) is 31.5 Å². The number of nitrogens with one attached hydrogen (secondary N) is 1. The Labute approximate surface area is 127 Å². The Kier molecular flexibility index (Phi) is 4.66. The van der Waals surface area contributed by atoms with E-state index in [1.54, 1.807) is 7.11 Å². The first-order valence-corrected chi connectivity index (χ1v) is 8.00. The maximum Gasteiger partial charge on any atom is 0.119 e. The van der Waals surface area contributed by atoms with Crippen molar-refractivity contribution in [3.63, 3.8) is 0 Å². The van der Waals surface area contributed by atoms with Crippen LogP contribution in [0.4, 0.5) is 5.69 Å². The summed E-state index contributed by atoms with van der Waals surface area (Å²) in [5, 5.41) is 3.66. The van der Waals surface area contributed by atoms with Crippen molar-refractivity contribution in [2.24, 2.45) is 0 Å². The summed E-state index contributed by atoms with van der Waals surface area (Å²) in [6.45, 7) is 4.75. The molecule has 2 unspecified atom stereocenters. The van der Waals surface area contributed by atoms with Crippen LogP contribution < -0.4 is 10.1 Å². The molecule has 21 heavy (non-hydrogen) atoms. The first-order valence-electron chi connectivity index (χ1n) is 8.00. The van der Waals surface area contributed by atoms with E-state index >= 15 is 0 Å². The third-order valence-corrected chi connectivity index (χ3v) is 4.42. The minimum atomic E-state index is 0.570. The third kappa shape index (κ3) is 3.89. The molecule has 2 fully saturated rings. The second-order valence-electron chi connectivity index (χ2n) is 6.22. The van der Waals surface area contributed by atoms with Crippen LogP contribution in [0.2, 0.25) is 0 Å². The van der Waals surface area contributed by atoms with Crippen molar-refractivity contribution in [1.29, 1.82) is 0 Å². The summed E-state index contributed by atoms with van der Waals surface area (Å²) in [7, 11) is 1.68. The molecule has 0 radical (unpaired) electrons. The van der Waals surface area contributed by atoms with Gasteiger partial charge in [-0.15, -0.1) is 0 Å². The zero-order valence-electron chi connectivity index (χ0n) is 13.0. The highest BCUT2D eigenvalue weighted by Gasteiger charge is 2.38. The van der Waals surface area contributed by atoms with E-state index in [-0.39, 0.29) is 0 Å². The Bertz CT molecular complexity index is 445. The molecule has 0 spiro atoms. The van der Waals surface area contributed by atoms with Crippen molar-refractivity contribution < 1.29 is 9.47 Å². The van der Waals surface area contributed by atoms with E-state index in [4.69, 9.17) is 9.47 Å². The molecule has 0 bridgehead atoms. The number of rotatable bonds is 7. The SMILES string of the molecule is COCCOc1ccc(NC2CC(C)N(C3CC3)C2)cc1. The van der Waals surface area contributed by atoms with Gasteiger partial charge in [0, 0.05) is 37.5 Å². The van der Waals surface area contributed by atoms with Crippen LogP contribution in [0.15, 0.2) is 24.3 Å². The lowest BCUT2D eigenvalue weighted by Gasteiger charge is -2.20. The molecule has 1 aromatic carbocycles. The molecule has 1 saturated carbocycles. The fourth-order valence-electron chi connectivity index (χ4n) is 3.20. The highest BCUT2D eigenvalue weighted by atomic mass is 16.5. The van der Waals surface area contributed by atoms with E-state index in [0.29, 0.717) is 25.3 Å². The Hall–Kier alpha value is -1.26. The molecule has 1 aromatic rings. The summed E-state index contributed by atoms with van der Waals surface area (Å²) in [5.74, 6) is 0.900. The van der Waals surface area contributed by atoms with Crippen LogP contribution in [0.3, 0.4) is 0 Å². The van der Waals surface area contributed by atoms with Crippen molar-refractivity contribution in [2.75, 3.05) is 32.2 Å². The van der Waals surface area contributed by atoms with Gasteiger partial charge in [-0.2, -0.15) is 0 Å². The largest absolute Gasteiger partial charge is 0.491 e. The Morgan fingerprint density at radius 2 is 1.95 bits per heavy atom. The lowest BCUT2D eigenvalue weighted by atomic mass is 10.2. The Balaban J connectivity index is 1.49. The molecule has 1 aliphatic heterocycles. The monoisotopic (exact) mass is 290 g/mol. The van der Waals surface area contributed by atoms with Crippen molar-refractivity contribution in [3.8, 4) is 5.75 Å². The summed E-state index contributed by atoms with van der Waals surface area (Å²) in [4.78, 5) is 2.67. The van der Waals surface area contributed by atoms with Gasteiger partial charge < -0.3 is 14.8 Å². The van der Waals surface area contributed by atoms with Crippen LogP contribution >= 0.6 is 0 Å². The van der Waals surface area contributed by atoms with Crippen LogP contribution in [0.1, 0.15) is 26.2 Å². The van der Waals surface area contributed by atoms with Gasteiger partial charge in [0.15, 0.2) is 0 Å². The summed E-state index contributed by atoms with van der Waals surface area (Å²) in [5.41, 5.74) is 1.18. The molecule has 4 nitrogen and oxygen atoms in total. The fraction of sp³-hybridized carbons (Fsp3) is 0.647. The van der Waals surface area contributed by atoms with Gasteiger partial charge in [-0.3, -0.25) is 4.90 Å². The van der Waals surface area contributed by atoms with Gasteiger partial charge in [-0.25, -0.2) is 0 Å². The topological polar surface area (TPSA) is 33.7 Å². The molecule has 0 aromatic heterocycles. The highest BCUT2D eigenvalue weighted by Crippen LogP contribution is 2.34. The predicted octanol–water partition coefficient (Wildman–Crippen LogP) is 2.75. The molecule has 116 valence electrons. The standard InChI is InChI=1S/C17H26N2O2/c1-13-11-15(12-19(13)16-5-6-16)18-14-3-7-17(8-4-14)21-10-9-20-2/h3-4,7-8,13,15-16,18H,5-6,9-12H2,1-2H3. The maximum atomic E-state index is 5.58. The number of likely N-dealkylation sites (tertiary alicyclic amines) is 1. The van der Waals surface area contributed by atoms with Crippen molar-refractivity contribution in [1.82, 2.24) is 4.90 Å². The fourth-order valence-corrected chi connectivity index (χ4v) is 3.20. The molecular formula is C17H26N2O2. The van der Waals surface area contributed by atoms with Crippen molar-refractivity contribution in [3.05, 3.63) is 24.3 Å². The molecule has 1 heterocycles. The molecule has 2 atom stereocenters. The minimum absolute atomic E-state index is 0.570. The molecule has 4 heteroatoms. The second-order valence-corrected chi connectivity index (χ2v) is 6.22. The average molecular weight is 290 g/mol. The lowest BCUT2D eigenvalue weighted by Crippen LogP contribution is -2.30. The van der Waals surface area contributed by atoms with Crippen molar-refractivity contribution >= 4 is 5.69 Å². The van der Waals surface area contributed by atoms with E-state index in [1.807, 2.05) is 12.1 Å². The number of hydrogen-bond donors (Lipinski definition) is 1. The summed E-state index contributed by atoms with van der Waals surface area (Å²) < 4.78 is 10.6. The normalized spacial score (nSPS) is 26.0. The molecule has 0 amide bonds. The summed E-state index contributed by atoms with van der Waals surface area (Å²) in [6.07, 6.45) is 4.03. The lowest BCUT2D eigenvalue weighted by molar-refractivity contribution is 0.146. The smallest absolute Gasteiger partial charge is 0.119 e. The second kappa shape index (κ2) is 6.67. The van der Waals surface area contributed by atoms with E-state index in [9.17, 15) is 0 Å². The third-order valence-electron chi connectivity index (χ3n) is 4.42. The van der Waals surface area contributed by atoms with Crippen LogP contribution in [0, 0.1) is 0 Å². The van der Waals surface area contributed by atoms with Gasteiger partial charge in [-0.1, -0.05) is 0 Å². The van der Waals surface area contributed by atoms with Gasteiger partial charge in [0.1, 0.15) is 12.4 Å². The van der Waals surface area contributed by atoms with E-state index in [2.05, 4.69) is 29.3 Å². The molecular weight excluding hydrogens is 264 g/mol. The van der Waals surface area contributed by atoms with E-state index < -0.39 is 0 Å². The van der Waals surface area contributed by atoms with Gasteiger partial charge >= 0.3 is 0 Å². The van der Waals surface area contributed by atoms with E-state index in [0.717, 1.165) is 11.8 Å². The molecule has 3 rings (SSSR count). The number of benzene rings is 1. The summed E-state index contributed by atoms with van der Waals surface area (Å²) >= 11 is 0. The number of ether oxygens (including phenoxy) is 2.